The highest BCUT2D eigenvalue weighted by Gasteiger charge is 2.15. The van der Waals surface area contributed by atoms with E-state index >= 15 is 0 Å². The van der Waals surface area contributed by atoms with E-state index in [1.165, 1.54) is 37.8 Å². The number of anilines is 2. The smallest absolute Gasteiger partial charge is 0.0346 e. The Morgan fingerprint density at radius 1 is 1.18 bits per heavy atom. The fourth-order valence-corrected chi connectivity index (χ4v) is 2.63. The first-order chi connectivity index (χ1) is 8.15. The fourth-order valence-electron chi connectivity index (χ4n) is 2.63. The van der Waals surface area contributed by atoms with E-state index in [9.17, 15) is 0 Å². The first-order valence-corrected chi connectivity index (χ1v) is 6.78. The predicted octanol–water partition coefficient (Wildman–Crippen LogP) is 3.96. The molecule has 3 N–H and O–H groups in total. The molecule has 0 spiro atoms. The Kier molecular flexibility index (Phi) is 3.93. The van der Waals surface area contributed by atoms with Gasteiger partial charge in [0.2, 0.25) is 0 Å². The molecule has 2 rings (SSSR count). The van der Waals surface area contributed by atoms with Crippen molar-refractivity contribution in [2.45, 2.75) is 52.0 Å². The Morgan fingerprint density at radius 3 is 2.76 bits per heavy atom. The second-order valence-corrected chi connectivity index (χ2v) is 5.53. The van der Waals surface area contributed by atoms with Crippen LogP contribution in [0.3, 0.4) is 0 Å². The maximum absolute atomic E-state index is 5.84. The minimum Gasteiger partial charge on any atom is -0.399 e. The molecule has 0 heterocycles. The van der Waals surface area contributed by atoms with E-state index in [-0.39, 0.29) is 0 Å². The normalized spacial score (nSPS) is 25.3. The lowest BCUT2D eigenvalue weighted by Gasteiger charge is -2.18. The predicted molar refractivity (Wildman–Crippen MR) is 75.3 cm³/mol. The molecule has 2 atom stereocenters. The summed E-state index contributed by atoms with van der Waals surface area (Å²) in [4.78, 5) is 0. The minimum atomic E-state index is 0.642. The van der Waals surface area contributed by atoms with E-state index in [2.05, 4.69) is 31.3 Å². The highest BCUT2D eigenvalue weighted by Crippen LogP contribution is 2.26. The monoisotopic (exact) mass is 232 g/mol. The van der Waals surface area contributed by atoms with Gasteiger partial charge in [-0.3, -0.25) is 0 Å². The zero-order valence-corrected chi connectivity index (χ0v) is 11.0. The van der Waals surface area contributed by atoms with Gasteiger partial charge in [0.25, 0.3) is 0 Å². The van der Waals surface area contributed by atoms with Gasteiger partial charge in [-0.25, -0.2) is 0 Å². The second kappa shape index (κ2) is 5.44. The molecule has 0 amide bonds. The van der Waals surface area contributed by atoms with Gasteiger partial charge in [0.05, 0.1) is 0 Å². The van der Waals surface area contributed by atoms with E-state index in [0.29, 0.717) is 6.04 Å². The Hall–Kier alpha value is -1.18. The largest absolute Gasteiger partial charge is 0.399 e. The molecule has 94 valence electrons. The lowest BCUT2D eigenvalue weighted by molar-refractivity contribution is 0.502. The Bertz CT molecular complexity index is 373. The summed E-state index contributed by atoms with van der Waals surface area (Å²) in [5.41, 5.74) is 9.10. The maximum Gasteiger partial charge on any atom is 0.0346 e. The summed E-state index contributed by atoms with van der Waals surface area (Å²) in [6.07, 6.45) is 6.69. The average Bonchev–Trinajstić information content (AvgIpc) is 2.49. The molecule has 1 aliphatic carbocycles. The number of hydrogen-bond donors (Lipinski definition) is 2. The standard InChI is InChI=1S/C15H24N2/c1-11-4-3-5-13(7-6-11)17-14-8-9-15(16)12(2)10-14/h8-11,13,17H,3-7,16H2,1-2H3. The number of nitrogens with one attached hydrogen (secondary N) is 1. The number of nitrogens with two attached hydrogens (primary N) is 1. The van der Waals surface area contributed by atoms with Crippen molar-refractivity contribution in [3.05, 3.63) is 23.8 Å². The molecule has 0 bridgehead atoms. The van der Waals surface area contributed by atoms with Crippen LogP contribution in [0.5, 0.6) is 0 Å². The molecule has 1 aliphatic rings. The van der Waals surface area contributed by atoms with Gasteiger partial charge in [0.1, 0.15) is 0 Å². The lowest BCUT2D eigenvalue weighted by atomic mass is 10.0. The van der Waals surface area contributed by atoms with Crippen molar-refractivity contribution < 1.29 is 0 Å². The van der Waals surface area contributed by atoms with Crippen LogP contribution in [0.2, 0.25) is 0 Å². The van der Waals surface area contributed by atoms with E-state index in [0.717, 1.165) is 17.2 Å². The molecular weight excluding hydrogens is 208 g/mol. The van der Waals surface area contributed by atoms with Crippen molar-refractivity contribution in [3.8, 4) is 0 Å². The first kappa shape index (κ1) is 12.3. The second-order valence-electron chi connectivity index (χ2n) is 5.53. The van der Waals surface area contributed by atoms with Crippen molar-refractivity contribution >= 4 is 11.4 Å². The van der Waals surface area contributed by atoms with Gasteiger partial charge < -0.3 is 11.1 Å². The van der Waals surface area contributed by atoms with Crippen LogP contribution in [0.15, 0.2) is 18.2 Å². The number of rotatable bonds is 2. The third-order valence-electron chi connectivity index (χ3n) is 3.90. The Morgan fingerprint density at radius 2 is 2.00 bits per heavy atom. The molecule has 0 aromatic heterocycles. The molecule has 2 unspecified atom stereocenters. The molecular formula is C15H24N2. The van der Waals surface area contributed by atoms with Crippen LogP contribution in [0.1, 0.15) is 44.6 Å². The molecule has 1 saturated carbocycles. The average molecular weight is 232 g/mol. The number of benzene rings is 1. The van der Waals surface area contributed by atoms with Gasteiger partial charge in [0, 0.05) is 17.4 Å². The van der Waals surface area contributed by atoms with Crippen LogP contribution in [0.25, 0.3) is 0 Å². The lowest BCUT2D eigenvalue weighted by Crippen LogP contribution is -2.18. The molecule has 0 aliphatic heterocycles. The van der Waals surface area contributed by atoms with Crippen LogP contribution < -0.4 is 11.1 Å². The summed E-state index contributed by atoms with van der Waals surface area (Å²) in [6.45, 7) is 4.44. The van der Waals surface area contributed by atoms with Crippen molar-refractivity contribution in [2.24, 2.45) is 5.92 Å². The summed E-state index contributed by atoms with van der Waals surface area (Å²) in [5, 5.41) is 3.65. The van der Waals surface area contributed by atoms with Gasteiger partial charge in [-0.1, -0.05) is 19.8 Å². The highest BCUT2D eigenvalue weighted by atomic mass is 14.9. The summed E-state index contributed by atoms with van der Waals surface area (Å²) < 4.78 is 0. The number of aryl methyl sites for hydroxylation is 1. The van der Waals surface area contributed by atoms with Crippen LogP contribution in [-0.2, 0) is 0 Å². The summed E-state index contributed by atoms with van der Waals surface area (Å²) in [6, 6.07) is 6.89. The SMILES string of the molecule is Cc1cc(NC2CCCC(C)CC2)ccc1N. The van der Waals surface area contributed by atoms with E-state index < -0.39 is 0 Å². The zero-order chi connectivity index (χ0) is 12.3. The van der Waals surface area contributed by atoms with E-state index in [1.54, 1.807) is 0 Å². The van der Waals surface area contributed by atoms with Gasteiger partial charge in [-0.15, -0.1) is 0 Å². The van der Waals surface area contributed by atoms with E-state index in [4.69, 9.17) is 5.73 Å². The summed E-state index contributed by atoms with van der Waals surface area (Å²) in [7, 11) is 0. The van der Waals surface area contributed by atoms with Crippen molar-refractivity contribution in [2.75, 3.05) is 11.1 Å². The van der Waals surface area contributed by atoms with Crippen LogP contribution in [0, 0.1) is 12.8 Å². The van der Waals surface area contributed by atoms with Crippen LogP contribution >= 0.6 is 0 Å². The molecule has 0 radical (unpaired) electrons. The fraction of sp³-hybridized carbons (Fsp3) is 0.600. The minimum absolute atomic E-state index is 0.642. The Balaban J connectivity index is 1.97. The number of hydrogen-bond acceptors (Lipinski definition) is 2. The zero-order valence-electron chi connectivity index (χ0n) is 11.0. The summed E-state index contributed by atoms with van der Waals surface area (Å²) in [5.74, 6) is 0.898. The maximum atomic E-state index is 5.84. The van der Waals surface area contributed by atoms with Crippen molar-refractivity contribution in [1.29, 1.82) is 0 Å². The Labute approximate surface area is 105 Å². The van der Waals surface area contributed by atoms with E-state index in [1.807, 2.05) is 6.07 Å². The molecule has 1 aromatic rings. The molecule has 17 heavy (non-hydrogen) atoms. The first-order valence-electron chi connectivity index (χ1n) is 6.78. The molecule has 1 aromatic carbocycles. The van der Waals surface area contributed by atoms with Gasteiger partial charge >= 0.3 is 0 Å². The third kappa shape index (κ3) is 3.39. The molecule has 0 saturated heterocycles. The summed E-state index contributed by atoms with van der Waals surface area (Å²) >= 11 is 0. The molecule has 1 fully saturated rings. The third-order valence-corrected chi connectivity index (χ3v) is 3.90. The highest BCUT2D eigenvalue weighted by molar-refractivity contribution is 5.57. The van der Waals surface area contributed by atoms with Crippen molar-refractivity contribution in [3.63, 3.8) is 0 Å². The quantitative estimate of drug-likeness (QED) is 0.598. The van der Waals surface area contributed by atoms with Gasteiger partial charge in [-0.2, -0.15) is 0 Å². The number of nitrogen functional groups attached to an aromatic ring is 1. The van der Waals surface area contributed by atoms with Crippen molar-refractivity contribution in [1.82, 2.24) is 0 Å². The van der Waals surface area contributed by atoms with Gasteiger partial charge in [-0.05, 0) is 55.9 Å². The van der Waals surface area contributed by atoms with Crippen LogP contribution in [-0.4, -0.2) is 6.04 Å². The molecule has 2 heteroatoms. The van der Waals surface area contributed by atoms with Crippen LogP contribution in [0.4, 0.5) is 11.4 Å². The molecule has 2 nitrogen and oxygen atoms in total. The van der Waals surface area contributed by atoms with Gasteiger partial charge in [0.15, 0.2) is 0 Å². The topological polar surface area (TPSA) is 38.0 Å².